The summed E-state index contributed by atoms with van der Waals surface area (Å²) >= 11 is 0. The van der Waals surface area contributed by atoms with Crippen molar-refractivity contribution >= 4 is 13.7 Å². The summed E-state index contributed by atoms with van der Waals surface area (Å²) in [5, 5.41) is 13.9. The number of hydrogen-bond donors (Lipinski definition) is 3. The first-order valence-electron chi connectivity index (χ1n) is 26.0. The van der Waals surface area contributed by atoms with Gasteiger partial charge in [0.15, 0.2) is 0 Å². The highest BCUT2D eigenvalue weighted by atomic mass is 31.2. The Kier molecular flexibility index (Phi) is 43.5. The van der Waals surface area contributed by atoms with Crippen molar-refractivity contribution in [3.05, 3.63) is 48.6 Å². The molecule has 0 spiro atoms. The SMILES string of the molecule is CCCCC/C=C\C/C=C\CCCCCCCCCC(=O)NC(COP(=O)(O)OCC[N+](C)(C)C)C(O)/C=C/CC/C=C/CCCCCCCCCCCCCCCCCCC. The lowest BCUT2D eigenvalue weighted by Crippen LogP contribution is -2.45. The normalized spacial score (nSPS) is 14.5. The zero-order valence-electron chi connectivity index (χ0n) is 41.4. The van der Waals surface area contributed by atoms with Gasteiger partial charge >= 0.3 is 7.82 Å². The van der Waals surface area contributed by atoms with Crippen molar-refractivity contribution in [1.29, 1.82) is 0 Å². The number of unbranched alkanes of at least 4 members (excludes halogenated alkanes) is 28. The number of hydrogen-bond acceptors (Lipinski definition) is 5. The van der Waals surface area contributed by atoms with Crippen LogP contribution in [-0.4, -0.2) is 73.4 Å². The third-order valence-corrected chi connectivity index (χ3v) is 12.5. The number of carbonyl (C=O) groups excluding carboxylic acids is 1. The number of aliphatic hydroxyl groups is 1. The third-order valence-electron chi connectivity index (χ3n) is 11.5. The predicted octanol–water partition coefficient (Wildman–Crippen LogP) is 15.2. The van der Waals surface area contributed by atoms with E-state index in [4.69, 9.17) is 9.05 Å². The number of rotatable bonds is 47. The highest BCUT2D eigenvalue weighted by molar-refractivity contribution is 7.47. The van der Waals surface area contributed by atoms with E-state index in [9.17, 15) is 19.4 Å². The molecular formula is C53H102N2O6P+. The second-order valence-corrected chi connectivity index (χ2v) is 20.3. The Labute approximate surface area is 384 Å². The van der Waals surface area contributed by atoms with Crippen LogP contribution in [0.15, 0.2) is 48.6 Å². The fraction of sp³-hybridized carbons (Fsp3) is 0.830. The van der Waals surface area contributed by atoms with Crippen LogP contribution >= 0.6 is 7.82 Å². The first kappa shape index (κ1) is 60.5. The van der Waals surface area contributed by atoms with Gasteiger partial charge in [0.1, 0.15) is 13.2 Å². The lowest BCUT2D eigenvalue weighted by atomic mass is 10.0. The van der Waals surface area contributed by atoms with Crippen LogP contribution in [0, 0.1) is 0 Å². The summed E-state index contributed by atoms with van der Waals surface area (Å²) in [6.45, 7) is 4.78. The maximum absolute atomic E-state index is 12.9. The molecule has 62 heavy (non-hydrogen) atoms. The monoisotopic (exact) mass is 894 g/mol. The predicted molar refractivity (Wildman–Crippen MR) is 267 cm³/mol. The molecule has 0 radical (unpaired) electrons. The number of quaternary nitrogens is 1. The lowest BCUT2D eigenvalue weighted by molar-refractivity contribution is -0.870. The molecule has 8 nitrogen and oxygen atoms in total. The molecule has 0 aliphatic rings. The maximum atomic E-state index is 12.9. The standard InChI is InChI=1S/C53H101N2O6P/c1-6-8-10-12-14-16-18-20-22-24-25-26-27-28-29-31-32-34-36-38-40-42-44-46-52(56)51(50-61-62(58,59)60-49-48-55(3,4)5)54-53(57)47-45-43-41-39-37-35-33-30-23-21-19-17-15-13-11-9-7-2/h15,17,21,23,36,38,44,46,51-52,56H,6-14,16,18-20,22,24-35,37,39-43,45,47-50H2,1-5H3,(H-,54,57,58,59)/p+1/b17-15-,23-21-,38-36+,46-44+. The molecule has 0 aromatic heterocycles. The summed E-state index contributed by atoms with van der Waals surface area (Å²) in [4.78, 5) is 23.2. The van der Waals surface area contributed by atoms with Gasteiger partial charge in [-0.2, -0.15) is 0 Å². The second-order valence-electron chi connectivity index (χ2n) is 18.9. The quantitative estimate of drug-likeness (QED) is 0.0243. The van der Waals surface area contributed by atoms with Gasteiger partial charge in [-0.25, -0.2) is 4.57 Å². The molecule has 0 aliphatic carbocycles. The van der Waals surface area contributed by atoms with E-state index in [1.165, 1.54) is 161 Å². The van der Waals surface area contributed by atoms with Gasteiger partial charge in [0, 0.05) is 6.42 Å². The van der Waals surface area contributed by atoms with Crippen LogP contribution in [-0.2, 0) is 18.4 Å². The Balaban J connectivity index is 4.35. The van der Waals surface area contributed by atoms with E-state index in [0.29, 0.717) is 17.4 Å². The molecule has 3 atom stereocenters. The fourth-order valence-corrected chi connectivity index (χ4v) is 8.12. The topological polar surface area (TPSA) is 105 Å². The Morgan fingerprint density at radius 1 is 0.548 bits per heavy atom. The molecule has 0 saturated heterocycles. The van der Waals surface area contributed by atoms with Gasteiger partial charge < -0.3 is 19.8 Å². The molecular weight excluding hydrogens is 792 g/mol. The zero-order chi connectivity index (χ0) is 45.7. The van der Waals surface area contributed by atoms with Gasteiger partial charge in [-0.05, 0) is 64.2 Å². The molecule has 0 rings (SSSR count). The summed E-state index contributed by atoms with van der Waals surface area (Å²) in [7, 11) is 1.55. The van der Waals surface area contributed by atoms with E-state index in [1.54, 1.807) is 6.08 Å². The molecule has 3 N–H and O–H groups in total. The van der Waals surface area contributed by atoms with Crippen molar-refractivity contribution in [1.82, 2.24) is 5.32 Å². The third kappa shape index (κ3) is 46.5. The van der Waals surface area contributed by atoms with Crippen molar-refractivity contribution < 1.29 is 32.9 Å². The average Bonchev–Trinajstić information content (AvgIpc) is 3.23. The number of aliphatic hydroxyl groups excluding tert-OH is 1. The minimum absolute atomic E-state index is 0.0535. The molecule has 0 aromatic carbocycles. The highest BCUT2D eigenvalue weighted by Crippen LogP contribution is 2.43. The number of phosphoric ester groups is 1. The van der Waals surface area contributed by atoms with Crippen molar-refractivity contribution in [3.8, 4) is 0 Å². The van der Waals surface area contributed by atoms with Crippen LogP contribution < -0.4 is 5.32 Å². The van der Waals surface area contributed by atoms with E-state index < -0.39 is 20.0 Å². The Morgan fingerprint density at radius 2 is 0.935 bits per heavy atom. The summed E-state index contributed by atoms with van der Waals surface area (Å²) in [6, 6.07) is -0.868. The number of amides is 1. The Morgan fingerprint density at radius 3 is 1.42 bits per heavy atom. The molecule has 0 bridgehead atoms. The lowest BCUT2D eigenvalue weighted by Gasteiger charge is -2.25. The smallest absolute Gasteiger partial charge is 0.387 e. The highest BCUT2D eigenvalue weighted by Gasteiger charge is 2.27. The van der Waals surface area contributed by atoms with Gasteiger partial charge in [0.2, 0.25) is 5.91 Å². The Bertz CT molecular complexity index is 1150. The molecule has 364 valence electrons. The number of phosphoric acid groups is 1. The zero-order valence-corrected chi connectivity index (χ0v) is 42.3. The summed E-state index contributed by atoms with van der Waals surface area (Å²) in [6.07, 6.45) is 57.7. The number of carbonyl (C=O) groups is 1. The van der Waals surface area contributed by atoms with E-state index in [1.807, 2.05) is 27.2 Å². The molecule has 0 aliphatic heterocycles. The van der Waals surface area contributed by atoms with Gasteiger partial charge in [0.25, 0.3) is 0 Å². The van der Waals surface area contributed by atoms with Crippen molar-refractivity contribution in [3.63, 3.8) is 0 Å². The molecule has 0 fully saturated rings. The first-order chi connectivity index (χ1) is 30.0. The molecule has 0 heterocycles. The van der Waals surface area contributed by atoms with Crippen molar-refractivity contribution in [2.75, 3.05) is 40.9 Å². The number of nitrogens with one attached hydrogen (secondary N) is 1. The summed E-state index contributed by atoms with van der Waals surface area (Å²) in [5.74, 6) is -0.195. The van der Waals surface area contributed by atoms with Gasteiger partial charge in [0.05, 0.1) is 39.9 Å². The van der Waals surface area contributed by atoms with Crippen molar-refractivity contribution in [2.45, 2.75) is 244 Å². The average molecular weight is 894 g/mol. The van der Waals surface area contributed by atoms with Gasteiger partial charge in [-0.15, -0.1) is 0 Å². The van der Waals surface area contributed by atoms with Crippen molar-refractivity contribution in [2.24, 2.45) is 0 Å². The van der Waals surface area contributed by atoms with E-state index in [0.717, 1.165) is 51.4 Å². The molecule has 9 heteroatoms. The number of nitrogens with zero attached hydrogens (tertiary/aromatic N) is 1. The van der Waals surface area contributed by atoms with Crippen LogP contribution in [0.25, 0.3) is 0 Å². The van der Waals surface area contributed by atoms with Crippen LogP contribution in [0.5, 0.6) is 0 Å². The van der Waals surface area contributed by atoms with Gasteiger partial charge in [-0.3, -0.25) is 13.8 Å². The first-order valence-corrected chi connectivity index (χ1v) is 27.5. The van der Waals surface area contributed by atoms with Gasteiger partial charge in [-0.1, -0.05) is 210 Å². The van der Waals surface area contributed by atoms with Crippen LogP contribution in [0.3, 0.4) is 0 Å². The number of allylic oxidation sites excluding steroid dienone is 7. The van der Waals surface area contributed by atoms with E-state index >= 15 is 0 Å². The van der Waals surface area contributed by atoms with E-state index in [-0.39, 0.29) is 19.1 Å². The minimum atomic E-state index is -4.35. The largest absolute Gasteiger partial charge is 0.472 e. The second kappa shape index (κ2) is 44.7. The summed E-state index contributed by atoms with van der Waals surface area (Å²) in [5.41, 5.74) is 0. The van der Waals surface area contributed by atoms with Crippen LogP contribution in [0.2, 0.25) is 0 Å². The van der Waals surface area contributed by atoms with Crippen LogP contribution in [0.1, 0.15) is 232 Å². The fourth-order valence-electron chi connectivity index (χ4n) is 7.38. The molecule has 3 unspecified atom stereocenters. The summed E-state index contributed by atoms with van der Waals surface area (Å²) < 4.78 is 23.6. The molecule has 0 saturated carbocycles. The van der Waals surface area contributed by atoms with Crippen LogP contribution in [0.4, 0.5) is 0 Å². The Hall–Kier alpha value is -1.54. The molecule has 1 amide bonds. The minimum Gasteiger partial charge on any atom is -0.387 e. The van der Waals surface area contributed by atoms with E-state index in [2.05, 4.69) is 55.6 Å². The maximum Gasteiger partial charge on any atom is 0.472 e. The molecule has 0 aromatic rings. The number of likely N-dealkylation sites (N-methyl/N-ethyl adjacent to an activating group) is 1.